The van der Waals surface area contributed by atoms with Gasteiger partial charge in [-0.25, -0.2) is 4.21 Å². The highest BCUT2D eigenvalue weighted by Gasteiger charge is 2.05. The third-order valence-electron chi connectivity index (χ3n) is 0.315. The van der Waals surface area contributed by atoms with Gasteiger partial charge in [-0.15, -0.1) is 0 Å². The summed E-state index contributed by atoms with van der Waals surface area (Å²) in [6.45, 7) is 0. The van der Waals surface area contributed by atoms with Crippen molar-refractivity contribution in [3.05, 3.63) is 0 Å². The highest BCUT2D eigenvalue weighted by Crippen LogP contribution is 1.99. The molecule has 0 saturated carbocycles. The first-order chi connectivity index (χ1) is 3.71. The molecule has 0 fully saturated rings. The summed E-state index contributed by atoms with van der Waals surface area (Å²) in [6, 6.07) is 0. The zero-order chi connectivity index (χ0) is 7.71. The lowest BCUT2D eigenvalue weighted by Gasteiger charge is -2.14. The fraction of sp³-hybridized carbons (Fsp3) is 1.00. The quantitative estimate of drug-likeness (QED) is 0.554. The number of rotatable bonds is 2. The van der Waals surface area contributed by atoms with Crippen LogP contribution in [0.3, 0.4) is 0 Å². The molecule has 0 aliphatic carbocycles. The normalized spacial score (nSPS) is 15.4. The molecule has 0 rings (SSSR count). The predicted molar refractivity (Wildman–Crippen MR) is 37.3 cm³/mol. The molecule has 0 aromatic rings. The molecular formula is C3H10O4S2. The molecule has 4 nitrogen and oxygen atoms in total. The molecule has 9 heavy (non-hydrogen) atoms. The van der Waals surface area contributed by atoms with Crippen LogP contribution in [0.5, 0.6) is 0 Å². The van der Waals surface area contributed by atoms with Crippen molar-refractivity contribution in [1.29, 1.82) is 0 Å². The van der Waals surface area contributed by atoms with Gasteiger partial charge in [0, 0.05) is 12.5 Å². The highest BCUT2D eigenvalue weighted by molar-refractivity contribution is 8.05. The van der Waals surface area contributed by atoms with Crippen LogP contribution in [0, 0.1) is 0 Å². The van der Waals surface area contributed by atoms with E-state index in [0.29, 0.717) is 0 Å². The van der Waals surface area contributed by atoms with E-state index in [1.807, 2.05) is 0 Å². The molecule has 0 spiro atoms. The van der Waals surface area contributed by atoms with Crippen molar-refractivity contribution in [2.45, 2.75) is 0 Å². The Labute approximate surface area is 56.0 Å². The molecule has 0 bridgehead atoms. The van der Waals surface area contributed by atoms with Gasteiger partial charge in [0.2, 0.25) is 0 Å². The standard InChI is InChI=1S/C3H10O4S2/c1-8(2,4)7-9(3,5)6/h8H,1-3H3. The summed E-state index contributed by atoms with van der Waals surface area (Å²) in [5, 5.41) is 0. The fourth-order valence-electron chi connectivity index (χ4n) is 0.326. The molecule has 0 unspecified atom stereocenters. The second-order valence-corrected chi connectivity index (χ2v) is 6.54. The molecule has 0 saturated heterocycles. The zero-order valence-corrected chi connectivity index (χ0v) is 7.20. The summed E-state index contributed by atoms with van der Waals surface area (Å²) in [4.78, 5) is 0. The summed E-state index contributed by atoms with van der Waals surface area (Å²) in [5.41, 5.74) is 0. The Hall–Kier alpha value is 0.0600. The summed E-state index contributed by atoms with van der Waals surface area (Å²) in [6.07, 6.45) is 3.36. The monoisotopic (exact) mass is 174 g/mol. The van der Waals surface area contributed by atoms with Crippen molar-refractivity contribution in [3.63, 3.8) is 0 Å². The van der Waals surface area contributed by atoms with Gasteiger partial charge in [0.1, 0.15) is 0 Å². The van der Waals surface area contributed by atoms with E-state index < -0.39 is 20.3 Å². The van der Waals surface area contributed by atoms with Crippen LogP contribution in [0.2, 0.25) is 0 Å². The van der Waals surface area contributed by atoms with E-state index in [4.69, 9.17) is 0 Å². The molecule has 0 aliphatic heterocycles. The van der Waals surface area contributed by atoms with Crippen molar-refractivity contribution < 1.29 is 16.3 Å². The third-order valence-corrected chi connectivity index (χ3v) is 2.83. The smallest absolute Gasteiger partial charge is 0.210 e. The molecule has 0 aliphatic rings. The lowest BCUT2D eigenvalue weighted by Crippen LogP contribution is -2.15. The van der Waals surface area contributed by atoms with E-state index in [1.165, 1.54) is 12.5 Å². The number of hydrogen-bond acceptors (Lipinski definition) is 4. The van der Waals surface area contributed by atoms with Crippen LogP contribution in [0.4, 0.5) is 0 Å². The molecule has 6 heteroatoms. The van der Waals surface area contributed by atoms with Gasteiger partial charge in [-0.1, -0.05) is 0 Å². The number of hydrogen-bond donors (Lipinski definition) is 1. The van der Waals surface area contributed by atoms with Crippen molar-refractivity contribution >= 4 is 20.3 Å². The Morgan fingerprint density at radius 2 is 1.67 bits per heavy atom. The van der Waals surface area contributed by atoms with Crippen LogP contribution < -0.4 is 0 Å². The maximum atomic E-state index is 10.6. The minimum absolute atomic E-state index is 0.868. The molecule has 0 radical (unpaired) electrons. The van der Waals surface area contributed by atoms with Crippen molar-refractivity contribution in [2.24, 2.45) is 0 Å². The predicted octanol–water partition coefficient (Wildman–Crippen LogP) is -0.846. The topological polar surface area (TPSA) is 60.4 Å². The van der Waals surface area contributed by atoms with Gasteiger partial charge < -0.3 is 0 Å². The Morgan fingerprint density at radius 3 is 1.67 bits per heavy atom. The van der Waals surface area contributed by atoms with Crippen LogP contribution in [-0.4, -0.2) is 31.4 Å². The van der Waals surface area contributed by atoms with Gasteiger partial charge in [-0.2, -0.15) is 22.3 Å². The maximum absolute atomic E-state index is 10.6. The van der Waals surface area contributed by atoms with E-state index in [-0.39, 0.29) is 0 Å². The summed E-state index contributed by atoms with van der Waals surface area (Å²) in [7, 11) is -6.42. The summed E-state index contributed by atoms with van der Waals surface area (Å²) in [5.74, 6) is 0. The minimum atomic E-state index is -3.54. The van der Waals surface area contributed by atoms with Crippen LogP contribution in [0.15, 0.2) is 0 Å². The minimum Gasteiger partial charge on any atom is -0.210 e. The molecule has 0 aromatic carbocycles. The van der Waals surface area contributed by atoms with E-state index in [1.54, 1.807) is 0 Å². The Balaban J connectivity index is 4.26. The Kier molecular flexibility index (Phi) is 2.37. The van der Waals surface area contributed by atoms with Gasteiger partial charge in [0.05, 0.1) is 6.26 Å². The first-order valence-electron chi connectivity index (χ1n) is 2.17. The van der Waals surface area contributed by atoms with Crippen LogP contribution in [0.25, 0.3) is 0 Å². The molecule has 0 aromatic heterocycles. The van der Waals surface area contributed by atoms with E-state index in [9.17, 15) is 12.6 Å². The molecule has 0 N–H and O–H groups in total. The zero-order valence-electron chi connectivity index (χ0n) is 5.49. The van der Waals surface area contributed by atoms with Gasteiger partial charge in [-0.3, -0.25) is 0 Å². The van der Waals surface area contributed by atoms with Crippen molar-refractivity contribution in [2.75, 3.05) is 18.8 Å². The van der Waals surface area contributed by atoms with E-state index in [2.05, 4.69) is 3.63 Å². The molecule has 0 heterocycles. The fourth-order valence-corrected chi connectivity index (χ4v) is 2.93. The maximum Gasteiger partial charge on any atom is 0.281 e. The Morgan fingerprint density at radius 1 is 1.33 bits per heavy atom. The first kappa shape index (κ1) is 9.06. The van der Waals surface area contributed by atoms with E-state index >= 15 is 0 Å². The van der Waals surface area contributed by atoms with Crippen LogP contribution >= 0.6 is 0 Å². The van der Waals surface area contributed by atoms with Crippen molar-refractivity contribution in [3.8, 4) is 0 Å². The molecular weight excluding hydrogens is 164 g/mol. The van der Waals surface area contributed by atoms with Gasteiger partial charge >= 0.3 is 0 Å². The second-order valence-electron chi connectivity index (χ2n) is 2.03. The van der Waals surface area contributed by atoms with Crippen LogP contribution in [0.1, 0.15) is 0 Å². The largest absolute Gasteiger partial charge is 0.281 e. The van der Waals surface area contributed by atoms with Crippen LogP contribution in [-0.2, 0) is 24.0 Å². The van der Waals surface area contributed by atoms with E-state index in [0.717, 1.165) is 6.26 Å². The molecule has 0 amide bonds. The average molecular weight is 174 g/mol. The lowest BCUT2D eigenvalue weighted by molar-refractivity contribution is 0.500. The second kappa shape index (κ2) is 2.36. The van der Waals surface area contributed by atoms with Crippen molar-refractivity contribution in [1.82, 2.24) is 0 Å². The van der Waals surface area contributed by atoms with Gasteiger partial charge in [0.15, 0.2) is 0 Å². The van der Waals surface area contributed by atoms with Gasteiger partial charge in [-0.05, 0) is 0 Å². The van der Waals surface area contributed by atoms with Gasteiger partial charge in [0.25, 0.3) is 10.1 Å². The lowest BCUT2D eigenvalue weighted by atomic mass is 11.9. The molecule has 58 valence electrons. The average Bonchev–Trinajstić information content (AvgIpc) is 1.14. The molecule has 0 atom stereocenters. The highest BCUT2D eigenvalue weighted by atomic mass is 32.3. The Bertz CT molecular complexity index is 220. The SMILES string of the molecule is CS(=O)(=O)O[SH](C)(C)=O. The third kappa shape index (κ3) is 8.06. The summed E-state index contributed by atoms with van der Waals surface area (Å²) >= 11 is 0. The first-order valence-corrected chi connectivity index (χ1v) is 6.50. The summed E-state index contributed by atoms with van der Waals surface area (Å²) < 4.78 is 35.3. The number of thiol groups is 1.